The molecule has 10 heavy (non-hydrogen) atoms. The van der Waals surface area contributed by atoms with Crippen molar-refractivity contribution in [3.63, 3.8) is 0 Å². The van der Waals surface area contributed by atoms with E-state index in [4.69, 9.17) is 4.55 Å². The Kier molecular flexibility index (Phi) is 6.92. The van der Waals surface area contributed by atoms with Crippen molar-refractivity contribution < 1.29 is 17.4 Å². The van der Waals surface area contributed by atoms with E-state index < -0.39 is 15.6 Å². The molecule has 0 fully saturated rings. The van der Waals surface area contributed by atoms with Gasteiger partial charge in [0.2, 0.25) is 5.50 Å². The van der Waals surface area contributed by atoms with E-state index >= 15 is 0 Å². The van der Waals surface area contributed by atoms with E-state index in [9.17, 15) is 12.8 Å². The van der Waals surface area contributed by atoms with E-state index in [1.165, 1.54) is 0 Å². The minimum atomic E-state index is -4.43. The molecule has 1 unspecified atom stereocenters. The summed E-state index contributed by atoms with van der Waals surface area (Å²) in [5.41, 5.74) is -2.11. The molecule has 0 radical (unpaired) electrons. The van der Waals surface area contributed by atoms with Gasteiger partial charge < -0.3 is 0 Å². The van der Waals surface area contributed by atoms with Crippen LogP contribution in [0.2, 0.25) is 0 Å². The summed E-state index contributed by atoms with van der Waals surface area (Å²) in [6, 6.07) is 0. The molecule has 0 saturated carbocycles. The Morgan fingerprint density at radius 1 is 1.60 bits per heavy atom. The van der Waals surface area contributed by atoms with Crippen molar-refractivity contribution >= 4 is 34.1 Å². The van der Waals surface area contributed by atoms with Crippen LogP contribution in [-0.2, 0) is 10.1 Å². The maximum atomic E-state index is 12.1. The van der Waals surface area contributed by atoms with Gasteiger partial charge in [0.1, 0.15) is 0 Å². The Morgan fingerprint density at radius 2 is 2.00 bits per heavy atom. The van der Waals surface area contributed by atoms with E-state index in [-0.39, 0.29) is 30.4 Å². The molecule has 0 aromatic heterocycles. The Bertz CT molecular complexity index is 167. The van der Waals surface area contributed by atoms with Gasteiger partial charge in [-0.25, -0.2) is 4.39 Å². The van der Waals surface area contributed by atoms with Crippen LogP contribution in [0.1, 0.15) is 19.8 Å². The average molecular weight is 284 g/mol. The van der Waals surface area contributed by atoms with Crippen LogP contribution in [-0.4, -0.2) is 18.5 Å². The van der Waals surface area contributed by atoms with Crippen LogP contribution in [0.3, 0.4) is 0 Å². The minimum Gasteiger partial charge on any atom is -0.283 e. The van der Waals surface area contributed by atoms with Gasteiger partial charge in [-0.3, -0.25) is 4.55 Å². The van der Waals surface area contributed by atoms with Gasteiger partial charge >= 0.3 is 0 Å². The molecule has 0 saturated heterocycles. The zero-order chi connectivity index (χ0) is 7.49. The van der Waals surface area contributed by atoms with Crippen LogP contribution in [0.15, 0.2) is 0 Å². The van der Waals surface area contributed by atoms with Gasteiger partial charge in [-0.1, -0.05) is 13.3 Å². The van der Waals surface area contributed by atoms with Crippen molar-refractivity contribution in [2.45, 2.75) is 25.3 Å². The second-order valence-electron chi connectivity index (χ2n) is 1.71. The topological polar surface area (TPSA) is 54.4 Å². The maximum absolute atomic E-state index is 12.1. The highest BCUT2D eigenvalue weighted by molar-refractivity contribution is 14.0. The second kappa shape index (κ2) is 5.25. The maximum Gasteiger partial charge on any atom is 0.297 e. The van der Waals surface area contributed by atoms with Crippen molar-refractivity contribution in [3.05, 3.63) is 0 Å². The standard InChI is InChI=1S/C4H9FO3S.HI/c1-2-3-4(5)9(6,7)8;/h4H,2-3H2,1H3,(H,6,7,8);1H. The first-order valence-electron chi connectivity index (χ1n) is 2.59. The van der Waals surface area contributed by atoms with E-state index in [0.29, 0.717) is 6.42 Å². The zero-order valence-electron chi connectivity index (χ0n) is 5.45. The van der Waals surface area contributed by atoms with Crippen LogP contribution in [0.25, 0.3) is 0 Å². The Hall–Kier alpha value is 0.570. The molecule has 0 aromatic rings. The molecule has 6 heteroatoms. The van der Waals surface area contributed by atoms with Gasteiger partial charge in [0.25, 0.3) is 10.1 Å². The number of hydrogen-bond donors (Lipinski definition) is 1. The third-order valence-corrected chi connectivity index (χ3v) is 1.72. The molecule has 0 rings (SSSR count). The molecule has 1 N–H and O–H groups in total. The fourth-order valence-electron chi connectivity index (χ4n) is 0.376. The van der Waals surface area contributed by atoms with E-state index in [2.05, 4.69) is 0 Å². The SMILES string of the molecule is CCCC(F)S(=O)(=O)O.I. The van der Waals surface area contributed by atoms with Crippen molar-refractivity contribution in [1.82, 2.24) is 0 Å². The molecule has 0 amide bonds. The monoisotopic (exact) mass is 284 g/mol. The summed E-state index contributed by atoms with van der Waals surface area (Å²) in [6.07, 6.45) is 0.264. The van der Waals surface area contributed by atoms with Crippen LogP contribution < -0.4 is 0 Å². The Balaban J connectivity index is 0. The van der Waals surface area contributed by atoms with Gasteiger partial charge in [0.05, 0.1) is 0 Å². The molecule has 64 valence electrons. The lowest BCUT2D eigenvalue weighted by atomic mass is 10.4. The molecule has 1 atom stereocenters. The van der Waals surface area contributed by atoms with Crippen molar-refractivity contribution in [2.75, 3.05) is 0 Å². The molecular weight excluding hydrogens is 274 g/mol. The predicted octanol–water partition coefficient (Wildman–Crippen LogP) is 1.59. The quantitative estimate of drug-likeness (QED) is 0.632. The fourth-order valence-corrected chi connectivity index (χ4v) is 0.909. The lowest BCUT2D eigenvalue weighted by Crippen LogP contribution is -2.13. The van der Waals surface area contributed by atoms with Crippen LogP contribution in [0, 0.1) is 0 Å². The van der Waals surface area contributed by atoms with Crippen molar-refractivity contribution in [3.8, 4) is 0 Å². The number of halogens is 2. The lowest BCUT2D eigenvalue weighted by Gasteiger charge is -1.99. The molecule has 0 aliphatic heterocycles. The highest BCUT2D eigenvalue weighted by Crippen LogP contribution is 2.06. The minimum absolute atomic E-state index is 0. The van der Waals surface area contributed by atoms with Gasteiger partial charge in [-0.15, -0.1) is 24.0 Å². The first-order valence-corrected chi connectivity index (χ1v) is 4.09. The van der Waals surface area contributed by atoms with Gasteiger partial charge in [0.15, 0.2) is 0 Å². The summed E-state index contributed by atoms with van der Waals surface area (Å²) < 4.78 is 39.9. The first-order chi connectivity index (χ1) is 3.98. The molecular formula is C4H10FIO3S. The van der Waals surface area contributed by atoms with Gasteiger partial charge in [0, 0.05) is 0 Å². The fraction of sp³-hybridized carbons (Fsp3) is 1.00. The van der Waals surface area contributed by atoms with Crippen molar-refractivity contribution in [1.29, 1.82) is 0 Å². The first kappa shape index (κ1) is 13.2. The lowest BCUT2D eigenvalue weighted by molar-refractivity contribution is 0.357. The van der Waals surface area contributed by atoms with Crippen molar-refractivity contribution in [2.24, 2.45) is 0 Å². The third kappa shape index (κ3) is 5.36. The summed E-state index contributed by atoms with van der Waals surface area (Å²) in [6.45, 7) is 1.64. The van der Waals surface area contributed by atoms with Gasteiger partial charge in [-0.05, 0) is 6.42 Å². The molecule has 0 bridgehead atoms. The Morgan fingerprint density at radius 3 is 2.10 bits per heavy atom. The largest absolute Gasteiger partial charge is 0.297 e. The average Bonchev–Trinajstić information content (AvgIpc) is 1.64. The van der Waals surface area contributed by atoms with Gasteiger partial charge in [-0.2, -0.15) is 8.42 Å². The number of alkyl halides is 1. The summed E-state index contributed by atoms with van der Waals surface area (Å²) in [5, 5.41) is 0. The van der Waals surface area contributed by atoms with Crippen LogP contribution >= 0.6 is 24.0 Å². The predicted molar refractivity (Wildman–Crippen MR) is 46.8 cm³/mol. The number of hydrogen-bond acceptors (Lipinski definition) is 2. The summed E-state index contributed by atoms with van der Waals surface area (Å²) >= 11 is 0. The molecule has 0 aliphatic carbocycles. The molecule has 0 spiro atoms. The highest BCUT2D eigenvalue weighted by atomic mass is 127. The highest BCUT2D eigenvalue weighted by Gasteiger charge is 2.19. The van der Waals surface area contributed by atoms with E-state index in [1.807, 2.05) is 0 Å². The van der Waals surface area contributed by atoms with E-state index in [0.717, 1.165) is 0 Å². The van der Waals surface area contributed by atoms with E-state index in [1.54, 1.807) is 6.92 Å². The second-order valence-corrected chi connectivity index (χ2v) is 3.26. The normalized spacial score (nSPS) is 13.9. The summed E-state index contributed by atoms with van der Waals surface area (Å²) in [7, 11) is -4.43. The summed E-state index contributed by atoms with van der Waals surface area (Å²) in [4.78, 5) is 0. The molecule has 0 heterocycles. The number of rotatable bonds is 3. The Labute approximate surface area is 76.8 Å². The summed E-state index contributed by atoms with van der Waals surface area (Å²) in [5.74, 6) is 0. The zero-order valence-corrected chi connectivity index (χ0v) is 8.60. The molecule has 0 aliphatic rings. The third-order valence-electron chi connectivity index (χ3n) is 0.839. The molecule has 3 nitrogen and oxygen atoms in total. The molecule has 0 aromatic carbocycles. The van der Waals surface area contributed by atoms with Crippen LogP contribution in [0.4, 0.5) is 4.39 Å². The van der Waals surface area contributed by atoms with Crippen LogP contribution in [0.5, 0.6) is 0 Å². The smallest absolute Gasteiger partial charge is 0.283 e.